The van der Waals surface area contributed by atoms with Gasteiger partial charge >= 0.3 is 0 Å². The maximum Gasteiger partial charge on any atom is 0.0495 e. The van der Waals surface area contributed by atoms with E-state index in [2.05, 4.69) is 37.1 Å². The lowest BCUT2D eigenvalue weighted by Crippen LogP contribution is -2.08. The molecule has 0 aliphatic heterocycles. The maximum atomic E-state index is 4.36. The van der Waals surface area contributed by atoms with Crippen molar-refractivity contribution in [2.75, 3.05) is 0 Å². The molecular weight excluding hydrogens is 292 g/mol. The minimum atomic E-state index is 0.670. The smallest absolute Gasteiger partial charge is 0.0495 e. The molecule has 148 valence electrons. The molecule has 0 saturated heterocycles. The average molecular weight is 343 g/mol. The van der Waals surface area contributed by atoms with E-state index in [0.29, 0.717) is 6.04 Å². The molecule has 1 aliphatic rings. The van der Waals surface area contributed by atoms with Crippen LogP contribution in [0.15, 0.2) is 22.3 Å². The SMILES string of the molecule is C=NC(=C)CC.CC.CC.CC.CC=NC1CCCCC1.CCC. The molecule has 0 spiro atoms. The summed E-state index contributed by atoms with van der Waals surface area (Å²) in [7, 11) is 0. The monoisotopic (exact) mass is 342 g/mol. The first-order valence-electron chi connectivity index (χ1n) is 10.3. The van der Waals surface area contributed by atoms with E-state index in [9.17, 15) is 0 Å². The Bertz CT molecular complexity index is 214. The van der Waals surface area contributed by atoms with Crippen LogP contribution in [-0.2, 0) is 0 Å². The Hall–Kier alpha value is -0.920. The molecule has 0 unspecified atom stereocenters. The van der Waals surface area contributed by atoms with Gasteiger partial charge < -0.3 is 0 Å². The third-order valence-electron chi connectivity index (χ3n) is 2.57. The van der Waals surface area contributed by atoms with Crippen LogP contribution in [-0.4, -0.2) is 19.0 Å². The molecule has 0 aromatic heterocycles. The third kappa shape index (κ3) is 42.9. The maximum absolute atomic E-state index is 4.36. The van der Waals surface area contributed by atoms with Crippen LogP contribution in [0.5, 0.6) is 0 Å². The zero-order valence-electron chi connectivity index (χ0n) is 18.9. The van der Waals surface area contributed by atoms with Crippen LogP contribution in [0.3, 0.4) is 0 Å². The predicted molar refractivity (Wildman–Crippen MR) is 120 cm³/mol. The summed E-state index contributed by atoms with van der Waals surface area (Å²) in [6, 6.07) is 0.670. The fourth-order valence-corrected chi connectivity index (χ4v) is 1.55. The summed E-state index contributed by atoms with van der Waals surface area (Å²) in [5.74, 6) is 0. The normalized spacial score (nSPS) is 12.1. The van der Waals surface area contributed by atoms with Crippen molar-refractivity contribution < 1.29 is 0 Å². The molecule has 1 aliphatic carbocycles. The first-order chi connectivity index (χ1) is 11.7. The summed E-state index contributed by atoms with van der Waals surface area (Å²) < 4.78 is 0. The van der Waals surface area contributed by atoms with Gasteiger partial charge in [-0.25, -0.2) is 0 Å². The summed E-state index contributed by atoms with van der Waals surface area (Å²) >= 11 is 0. The van der Waals surface area contributed by atoms with Gasteiger partial charge in [-0.15, -0.1) is 0 Å². The van der Waals surface area contributed by atoms with Crippen molar-refractivity contribution in [2.24, 2.45) is 9.98 Å². The molecule has 0 amide bonds. The lowest BCUT2D eigenvalue weighted by Gasteiger charge is -2.16. The van der Waals surface area contributed by atoms with Gasteiger partial charge in [0.25, 0.3) is 0 Å². The van der Waals surface area contributed by atoms with Crippen molar-refractivity contribution in [1.29, 1.82) is 0 Å². The quantitative estimate of drug-likeness (QED) is 0.459. The van der Waals surface area contributed by atoms with Crippen molar-refractivity contribution in [3.05, 3.63) is 12.3 Å². The van der Waals surface area contributed by atoms with Crippen molar-refractivity contribution in [2.45, 2.75) is 120 Å². The molecule has 1 rings (SSSR count). The molecule has 0 bridgehead atoms. The molecule has 1 saturated carbocycles. The topological polar surface area (TPSA) is 24.7 Å². The van der Waals surface area contributed by atoms with Crippen LogP contribution in [0, 0.1) is 0 Å². The summed E-state index contributed by atoms with van der Waals surface area (Å²) in [6.07, 6.45) is 11.0. The third-order valence-corrected chi connectivity index (χ3v) is 2.57. The van der Waals surface area contributed by atoms with Gasteiger partial charge in [0.05, 0.1) is 0 Å². The van der Waals surface area contributed by atoms with Crippen molar-refractivity contribution in [1.82, 2.24) is 0 Å². The zero-order chi connectivity index (χ0) is 20.2. The van der Waals surface area contributed by atoms with Crippen LogP contribution in [0.25, 0.3) is 0 Å². The fraction of sp³-hybridized carbons (Fsp3) is 0.818. The first-order valence-corrected chi connectivity index (χ1v) is 10.3. The van der Waals surface area contributed by atoms with Crippen LogP contribution in [0.4, 0.5) is 0 Å². The number of hydrogen-bond donors (Lipinski definition) is 0. The van der Waals surface area contributed by atoms with Gasteiger partial charge in [-0.2, -0.15) is 0 Å². The number of rotatable bonds is 3. The van der Waals surface area contributed by atoms with Crippen LogP contribution < -0.4 is 0 Å². The highest BCUT2D eigenvalue weighted by Gasteiger charge is 2.09. The van der Waals surface area contributed by atoms with E-state index in [-0.39, 0.29) is 0 Å². The average Bonchev–Trinajstić information content (AvgIpc) is 2.68. The molecule has 0 N–H and O–H groups in total. The van der Waals surface area contributed by atoms with Gasteiger partial charge in [0, 0.05) is 11.7 Å². The molecule has 0 radical (unpaired) electrons. The van der Waals surface area contributed by atoms with Crippen molar-refractivity contribution >= 4 is 12.9 Å². The second kappa shape index (κ2) is 43.1. The Balaban J connectivity index is -0.0000000703. The second-order valence-corrected chi connectivity index (χ2v) is 4.48. The minimum absolute atomic E-state index is 0.670. The molecule has 24 heavy (non-hydrogen) atoms. The highest BCUT2D eigenvalue weighted by molar-refractivity contribution is 5.53. The molecule has 0 aromatic carbocycles. The van der Waals surface area contributed by atoms with Crippen molar-refractivity contribution in [3.8, 4) is 0 Å². The van der Waals surface area contributed by atoms with Gasteiger partial charge in [0.1, 0.15) is 0 Å². The van der Waals surface area contributed by atoms with Crippen LogP contribution in [0.1, 0.15) is 114 Å². The van der Waals surface area contributed by atoms with Gasteiger partial charge in [0.2, 0.25) is 0 Å². The number of aliphatic imine (C=N–C) groups is 2. The number of hydrogen-bond acceptors (Lipinski definition) is 2. The molecule has 0 aromatic rings. The van der Waals surface area contributed by atoms with E-state index in [0.717, 1.165) is 12.1 Å². The summed E-state index contributed by atoms with van der Waals surface area (Å²) in [5, 5.41) is 0. The molecule has 2 heteroatoms. The molecule has 0 atom stereocenters. The molecule has 2 nitrogen and oxygen atoms in total. The lowest BCUT2D eigenvalue weighted by molar-refractivity contribution is 0.444. The van der Waals surface area contributed by atoms with Gasteiger partial charge in [-0.3, -0.25) is 9.98 Å². The summed E-state index contributed by atoms with van der Waals surface area (Å²) in [6.45, 7) is 27.1. The largest absolute Gasteiger partial charge is 0.295 e. The standard InChI is InChI=1S/C8H15N.C5H9N.C3H8.3C2H6/c1-2-9-8-6-4-3-5-7-8;1-4-5(2)6-3;1-3-2;3*1-2/h2,8H,3-7H2,1H3;2-4H2,1H3;3H2,1-2H3;3*1-2H3. The van der Waals surface area contributed by atoms with Gasteiger partial charge in [-0.05, 0) is 39.1 Å². The fourth-order valence-electron chi connectivity index (χ4n) is 1.55. The van der Waals surface area contributed by atoms with E-state index < -0.39 is 0 Å². The highest BCUT2D eigenvalue weighted by atomic mass is 14.8. The first kappa shape index (κ1) is 34.4. The summed E-state index contributed by atoms with van der Waals surface area (Å²) in [5.41, 5.74) is 0.856. The molecule has 1 fully saturated rings. The van der Waals surface area contributed by atoms with Crippen LogP contribution in [0.2, 0.25) is 0 Å². The Morgan fingerprint density at radius 3 is 1.50 bits per heavy atom. The Labute approximate surface area is 156 Å². The predicted octanol–water partition coefficient (Wildman–Crippen LogP) is 8.52. The van der Waals surface area contributed by atoms with E-state index in [1.165, 1.54) is 38.5 Å². The van der Waals surface area contributed by atoms with Gasteiger partial charge in [-0.1, -0.05) is 94.6 Å². The van der Waals surface area contributed by atoms with E-state index >= 15 is 0 Å². The van der Waals surface area contributed by atoms with Gasteiger partial charge in [0.15, 0.2) is 0 Å². The molecular formula is C22H50N2. The Morgan fingerprint density at radius 2 is 1.29 bits per heavy atom. The Kier molecular flexibility index (Phi) is 61.9. The van der Waals surface area contributed by atoms with E-state index in [4.69, 9.17) is 0 Å². The van der Waals surface area contributed by atoms with E-state index in [1.807, 2.05) is 61.6 Å². The highest BCUT2D eigenvalue weighted by Crippen LogP contribution is 2.19. The minimum Gasteiger partial charge on any atom is -0.295 e. The number of allylic oxidation sites excluding steroid dienone is 1. The summed E-state index contributed by atoms with van der Waals surface area (Å²) in [4.78, 5) is 7.92. The second-order valence-electron chi connectivity index (χ2n) is 4.48. The zero-order valence-corrected chi connectivity index (χ0v) is 18.9. The van der Waals surface area contributed by atoms with E-state index in [1.54, 1.807) is 0 Å². The van der Waals surface area contributed by atoms with Crippen molar-refractivity contribution in [3.63, 3.8) is 0 Å². The lowest BCUT2D eigenvalue weighted by atomic mass is 9.96. The Morgan fingerprint density at radius 1 is 0.917 bits per heavy atom. The van der Waals surface area contributed by atoms with Crippen LogP contribution >= 0.6 is 0 Å². The molecule has 0 heterocycles. The number of nitrogens with zero attached hydrogens (tertiary/aromatic N) is 2.